The van der Waals surface area contributed by atoms with Gasteiger partial charge in [0.15, 0.2) is 0 Å². The molecule has 0 aromatic rings. The molecule has 2 amide bonds. The van der Waals surface area contributed by atoms with Gasteiger partial charge in [0.25, 0.3) is 5.91 Å². The molecule has 18 heavy (non-hydrogen) atoms. The summed E-state index contributed by atoms with van der Waals surface area (Å²) in [6.07, 6.45) is 1.68. The predicted octanol–water partition coefficient (Wildman–Crippen LogP) is 1.41. The Kier molecular flexibility index (Phi) is 5.40. The maximum Gasteiger partial charge on any atom is 0.410 e. The van der Waals surface area contributed by atoms with Crippen molar-refractivity contribution in [2.24, 2.45) is 0 Å². The van der Waals surface area contributed by atoms with Gasteiger partial charge in [0.2, 0.25) is 0 Å². The second-order valence-electron chi connectivity index (χ2n) is 4.47. The Labute approximate surface area is 108 Å². The number of carbonyl (C=O) groups excluding carboxylic acids is 2. The van der Waals surface area contributed by atoms with Crippen molar-refractivity contribution in [1.29, 1.82) is 0 Å². The molecular formula is C12H22N2O4. The molecule has 6 heteroatoms. The second-order valence-corrected chi connectivity index (χ2v) is 4.47. The molecule has 1 saturated heterocycles. The maximum absolute atomic E-state index is 12.0. The fourth-order valence-corrected chi connectivity index (χ4v) is 1.86. The molecule has 0 aromatic carbocycles. The van der Waals surface area contributed by atoms with Crippen LogP contribution >= 0.6 is 0 Å². The summed E-state index contributed by atoms with van der Waals surface area (Å²) in [6, 6.07) is -0.466. The molecule has 0 saturated carbocycles. The molecule has 0 spiro atoms. The number of likely N-dealkylation sites (tertiary alicyclic amines) is 1. The van der Waals surface area contributed by atoms with Crippen LogP contribution in [0.3, 0.4) is 0 Å². The van der Waals surface area contributed by atoms with Crippen molar-refractivity contribution >= 4 is 12.0 Å². The highest BCUT2D eigenvalue weighted by Gasteiger charge is 2.37. The molecule has 0 bridgehead atoms. The van der Waals surface area contributed by atoms with E-state index in [4.69, 9.17) is 9.57 Å². The minimum Gasteiger partial charge on any atom is -0.446 e. The minimum atomic E-state index is -0.466. The van der Waals surface area contributed by atoms with Crippen LogP contribution in [0.1, 0.15) is 33.1 Å². The number of hydrogen-bond acceptors (Lipinski definition) is 4. The number of hydroxylamine groups is 2. The first kappa shape index (κ1) is 14.8. The molecule has 1 aliphatic rings. The maximum atomic E-state index is 12.0. The fraction of sp³-hybridized carbons (Fsp3) is 0.833. The lowest BCUT2D eigenvalue weighted by molar-refractivity contribution is -0.173. The quantitative estimate of drug-likeness (QED) is 0.715. The molecule has 2 unspecified atom stereocenters. The molecule has 0 N–H and O–H groups in total. The summed E-state index contributed by atoms with van der Waals surface area (Å²) in [5, 5.41) is 1.15. The first-order chi connectivity index (χ1) is 8.51. The van der Waals surface area contributed by atoms with Crippen LogP contribution in [-0.4, -0.2) is 54.8 Å². The topological polar surface area (TPSA) is 59.1 Å². The minimum absolute atomic E-state index is 0.131. The zero-order valence-corrected chi connectivity index (χ0v) is 11.5. The molecule has 6 nitrogen and oxygen atoms in total. The third-order valence-corrected chi connectivity index (χ3v) is 3.23. The SMILES string of the molecule is CCC(C)OC(=O)N1CCCC1C(=O)N(C)OC. The average molecular weight is 258 g/mol. The molecule has 104 valence electrons. The number of likely N-dealkylation sites (N-methyl/N-ethyl adjacent to an activating group) is 1. The van der Waals surface area contributed by atoms with Crippen molar-refractivity contribution in [1.82, 2.24) is 9.96 Å². The monoisotopic (exact) mass is 258 g/mol. The summed E-state index contributed by atoms with van der Waals surface area (Å²) in [5.41, 5.74) is 0. The van der Waals surface area contributed by atoms with Gasteiger partial charge in [-0.05, 0) is 26.2 Å². The van der Waals surface area contributed by atoms with E-state index in [2.05, 4.69) is 0 Å². The number of amides is 2. The second kappa shape index (κ2) is 6.58. The number of carbonyl (C=O) groups is 2. The van der Waals surface area contributed by atoms with Crippen molar-refractivity contribution < 1.29 is 19.2 Å². The van der Waals surface area contributed by atoms with Crippen LogP contribution < -0.4 is 0 Å². The smallest absolute Gasteiger partial charge is 0.410 e. The molecule has 0 radical (unpaired) electrons. The van der Waals surface area contributed by atoms with Crippen molar-refractivity contribution in [2.75, 3.05) is 20.7 Å². The summed E-state index contributed by atoms with van der Waals surface area (Å²) < 4.78 is 5.25. The Bertz CT molecular complexity index is 308. The number of ether oxygens (including phenoxy) is 1. The van der Waals surface area contributed by atoms with Gasteiger partial charge in [-0.15, -0.1) is 0 Å². The van der Waals surface area contributed by atoms with Gasteiger partial charge in [-0.3, -0.25) is 14.5 Å². The molecule has 0 aromatic heterocycles. The van der Waals surface area contributed by atoms with Crippen LogP contribution in [0.5, 0.6) is 0 Å². The van der Waals surface area contributed by atoms with Crippen LogP contribution in [0, 0.1) is 0 Å². The Hall–Kier alpha value is -1.30. The van der Waals surface area contributed by atoms with E-state index >= 15 is 0 Å². The fourth-order valence-electron chi connectivity index (χ4n) is 1.86. The average Bonchev–Trinajstić information content (AvgIpc) is 2.85. The Morgan fingerprint density at radius 3 is 2.72 bits per heavy atom. The van der Waals surface area contributed by atoms with E-state index in [9.17, 15) is 9.59 Å². The van der Waals surface area contributed by atoms with Crippen LogP contribution in [0.25, 0.3) is 0 Å². The first-order valence-corrected chi connectivity index (χ1v) is 6.30. The zero-order chi connectivity index (χ0) is 13.7. The lowest BCUT2D eigenvalue weighted by atomic mass is 10.2. The predicted molar refractivity (Wildman–Crippen MR) is 65.7 cm³/mol. The van der Waals surface area contributed by atoms with Crippen molar-refractivity contribution in [2.45, 2.75) is 45.3 Å². The van der Waals surface area contributed by atoms with Gasteiger partial charge in [0.1, 0.15) is 12.1 Å². The van der Waals surface area contributed by atoms with E-state index in [0.717, 1.165) is 17.9 Å². The van der Waals surface area contributed by atoms with E-state index in [1.165, 1.54) is 12.0 Å². The molecule has 1 rings (SSSR count). The molecule has 1 heterocycles. The van der Waals surface area contributed by atoms with Gasteiger partial charge in [-0.2, -0.15) is 0 Å². The standard InChI is InChI=1S/C12H22N2O4/c1-5-9(2)18-12(16)14-8-6-7-10(14)11(15)13(3)17-4/h9-10H,5-8H2,1-4H3. The van der Waals surface area contributed by atoms with Gasteiger partial charge >= 0.3 is 6.09 Å². The lowest BCUT2D eigenvalue weighted by Crippen LogP contribution is -2.46. The number of rotatable bonds is 4. The summed E-state index contributed by atoms with van der Waals surface area (Å²) >= 11 is 0. The van der Waals surface area contributed by atoms with E-state index < -0.39 is 12.1 Å². The van der Waals surface area contributed by atoms with Gasteiger partial charge in [-0.1, -0.05) is 6.92 Å². The highest BCUT2D eigenvalue weighted by molar-refractivity contribution is 5.85. The summed E-state index contributed by atoms with van der Waals surface area (Å²) in [6.45, 7) is 4.35. The Balaban J connectivity index is 2.64. The lowest BCUT2D eigenvalue weighted by Gasteiger charge is -2.27. The Morgan fingerprint density at radius 2 is 2.17 bits per heavy atom. The van der Waals surface area contributed by atoms with E-state index in [1.807, 2.05) is 13.8 Å². The largest absolute Gasteiger partial charge is 0.446 e. The first-order valence-electron chi connectivity index (χ1n) is 6.30. The molecule has 0 aliphatic carbocycles. The number of nitrogens with zero attached hydrogens (tertiary/aromatic N) is 2. The molecular weight excluding hydrogens is 236 g/mol. The van der Waals surface area contributed by atoms with Crippen LogP contribution in [0.15, 0.2) is 0 Å². The summed E-state index contributed by atoms with van der Waals surface area (Å²) in [7, 11) is 2.97. The zero-order valence-electron chi connectivity index (χ0n) is 11.5. The van der Waals surface area contributed by atoms with Crippen molar-refractivity contribution in [3.8, 4) is 0 Å². The highest BCUT2D eigenvalue weighted by atomic mass is 16.7. The van der Waals surface area contributed by atoms with Crippen LogP contribution in [-0.2, 0) is 14.4 Å². The van der Waals surface area contributed by atoms with Crippen LogP contribution in [0.2, 0.25) is 0 Å². The molecule has 1 fully saturated rings. The summed E-state index contributed by atoms with van der Waals surface area (Å²) in [5.74, 6) is -0.212. The van der Waals surface area contributed by atoms with Gasteiger partial charge in [0, 0.05) is 13.6 Å². The summed E-state index contributed by atoms with van der Waals surface area (Å²) in [4.78, 5) is 30.3. The molecule has 2 atom stereocenters. The third-order valence-electron chi connectivity index (χ3n) is 3.23. The van der Waals surface area contributed by atoms with Gasteiger partial charge < -0.3 is 4.74 Å². The van der Waals surface area contributed by atoms with E-state index in [0.29, 0.717) is 13.0 Å². The van der Waals surface area contributed by atoms with Gasteiger partial charge in [-0.25, -0.2) is 9.86 Å². The normalized spacial score (nSPS) is 20.7. The van der Waals surface area contributed by atoms with E-state index in [-0.39, 0.29) is 12.0 Å². The van der Waals surface area contributed by atoms with Gasteiger partial charge in [0.05, 0.1) is 7.11 Å². The van der Waals surface area contributed by atoms with Crippen molar-refractivity contribution in [3.63, 3.8) is 0 Å². The molecule has 1 aliphatic heterocycles. The van der Waals surface area contributed by atoms with E-state index in [1.54, 1.807) is 7.05 Å². The van der Waals surface area contributed by atoms with Crippen molar-refractivity contribution in [3.05, 3.63) is 0 Å². The number of hydrogen-bond donors (Lipinski definition) is 0. The highest BCUT2D eigenvalue weighted by Crippen LogP contribution is 2.20. The van der Waals surface area contributed by atoms with Crippen LogP contribution in [0.4, 0.5) is 4.79 Å². The Morgan fingerprint density at radius 1 is 1.50 bits per heavy atom. The third kappa shape index (κ3) is 3.35.